The van der Waals surface area contributed by atoms with Crippen molar-refractivity contribution < 1.29 is 14.0 Å². The Balaban J connectivity index is 1.83. The molecule has 0 N–H and O–H groups in total. The van der Waals surface area contributed by atoms with Gasteiger partial charge in [0.25, 0.3) is 0 Å². The fourth-order valence-electron chi connectivity index (χ4n) is 4.30. The van der Waals surface area contributed by atoms with Gasteiger partial charge in [-0.1, -0.05) is 6.08 Å². The van der Waals surface area contributed by atoms with Crippen LogP contribution in [0.2, 0.25) is 0 Å². The van der Waals surface area contributed by atoms with Crippen molar-refractivity contribution in [3.63, 3.8) is 0 Å². The minimum absolute atomic E-state index is 0.0484. The highest BCUT2D eigenvalue weighted by Crippen LogP contribution is 2.39. The van der Waals surface area contributed by atoms with Crippen LogP contribution in [0.5, 0.6) is 0 Å². The van der Waals surface area contributed by atoms with Crippen molar-refractivity contribution in [2.75, 3.05) is 41.3 Å². The van der Waals surface area contributed by atoms with Crippen LogP contribution in [-0.4, -0.2) is 82.6 Å². The van der Waals surface area contributed by atoms with E-state index in [4.69, 9.17) is 5.10 Å². The number of amides is 2. The molecule has 1 unspecified atom stereocenters. The molecule has 1 aliphatic heterocycles. The van der Waals surface area contributed by atoms with E-state index in [-0.39, 0.29) is 30.1 Å². The first-order valence-electron chi connectivity index (χ1n) is 11.8. The van der Waals surface area contributed by atoms with Crippen LogP contribution in [0.15, 0.2) is 60.9 Å². The van der Waals surface area contributed by atoms with Gasteiger partial charge in [0.1, 0.15) is 11.5 Å². The fraction of sp³-hybridized carbons (Fsp3) is 0.333. The molecule has 36 heavy (non-hydrogen) atoms. The first-order valence-corrected chi connectivity index (χ1v) is 11.8. The van der Waals surface area contributed by atoms with E-state index >= 15 is 0 Å². The van der Waals surface area contributed by atoms with E-state index in [2.05, 4.69) is 4.98 Å². The summed E-state index contributed by atoms with van der Waals surface area (Å²) < 4.78 is 15.6. The number of rotatable bonds is 7. The van der Waals surface area contributed by atoms with Gasteiger partial charge in [-0.2, -0.15) is 5.10 Å². The minimum Gasteiger partial charge on any atom is -0.349 e. The van der Waals surface area contributed by atoms with Gasteiger partial charge in [-0.25, -0.2) is 4.39 Å². The zero-order valence-corrected chi connectivity index (χ0v) is 21.1. The molecule has 1 atom stereocenters. The van der Waals surface area contributed by atoms with Crippen LogP contribution in [-0.2, 0) is 16.1 Å². The quantitative estimate of drug-likeness (QED) is 0.476. The summed E-state index contributed by atoms with van der Waals surface area (Å²) in [6, 6.07) is 9.64. The standard InChI is InChI=1S/C27H31FN6O2/c1-31(2)15-5-6-24(35)33-17-22(16-25(36)32(3)4)34-23(18-33)26(19-11-13-29-14-12-19)27(30-34)20-7-9-21(28)10-8-20/h5-14,22H,15-18H2,1-4H3/b6-5+. The first-order chi connectivity index (χ1) is 17.2. The van der Waals surface area contributed by atoms with E-state index in [9.17, 15) is 14.0 Å². The maximum absolute atomic E-state index is 13.7. The summed E-state index contributed by atoms with van der Waals surface area (Å²) >= 11 is 0. The number of nitrogens with zero attached hydrogens (tertiary/aromatic N) is 6. The van der Waals surface area contributed by atoms with E-state index in [0.717, 1.165) is 22.4 Å². The molecule has 2 amide bonds. The van der Waals surface area contributed by atoms with E-state index in [1.54, 1.807) is 54.5 Å². The molecule has 0 spiro atoms. The normalized spacial score (nSPS) is 15.4. The Kier molecular flexibility index (Phi) is 7.59. The number of halogens is 1. The summed E-state index contributed by atoms with van der Waals surface area (Å²) in [4.78, 5) is 35.3. The Morgan fingerprint density at radius 3 is 2.39 bits per heavy atom. The number of carbonyl (C=O) groups excluding carboxylic acids is 2. The van der Waals surface area contributed by atoms with Crippen molar-refractivity contribution >= 4 is 11.8 Å². The van der Waals surface area contributed by atoms with E-state index in [0.29, 0.717) is 25.3 Å². The highest BCUT2D eigenvalue weighted by molar-refractivity contribution is 5.89. The molecule has 8 nitrogen and oxygen atoms in total. The number of carbonyl (C=O) groups is 2. The topological polar surface area (TPSA) is 74.6 Å². The highest BCUT2D eigenvalue weighted by Gasteiger charge is 2.34. The zero-order chi connectivity index (χ0) is 25.8. The Morgan fingerprint density at radius 1 is 1.06 bits per heavy atom. The monoisotopic (exact) mass is 490 g/mol. The molecule has 0 saturated heterocycles. The summed E-state index contributed by atoms with van der Waals surface area (Å²) in [7, 11) is 7.31. The molecule has 0 saturated carbocycles. The average Bonchev–Trinajstić information content (AvgIpc) is 3.24. The molecule has 0 bridgehead atoms. The molecule has 0 fully saturated rings. The van der Waals surface area contributed by atoms with Crippen molar-refractivity contribution in [3.8, 4) is 22.4 Å². The van der Waals surface area contributed by atoms with E-state index in [1.165, 1.54) is 12.1 Å². The number of hydrogen-bond acceptors (Lipinski definition) is 5. The maximum atomic E-state index is 13.7. The average molecular weight is 491 g/mol. The number of benzene rings is 1. The summed E-state index contributed by atoms with van der Waals surface area (Å²) in [5, 5.41) is 4.94. The van der Waals surface area contributed by atoms with Gasteiger partial charge in [0.15, 0.2) is 0 Å². The van der Waals surface area contributed by atoms with Crippen LogP contribution in [0.4, 0.5) is 4.39 Å². The van der Waals surface area contributed by atoms with E-state index in [1.807, 2.05) is 41.9 Å². The second kappa shape index (κ2) is 10.8. The lowest BCUT2D eigenvalue weighted by atomic mass is 9.98. The number of hydrogen-bond donors (Lipinski definition) is 0. The third-order valence-corrected chi connectivity index (χ3v) is 6.17. The van der Waals surface area contributed by atoms with Crippen LogP contribution in [0, 0.1) is 5.82 Å². The van der Waals surface area contributed by atoms with Crippen LogP contribution < -0.4 is 0 Å². The van der Waals surface area contributed by atoms with E-state index < -0.39 is 0 Å². The number of fused-ring (bicyclic) bond motifs is 1. The lowest BCUT2D eigenvalue weighted by Crippen LogP contribution is -2.42. The largest absolute Gasteiger partial charge is 0.349 e. The molecular formula is C27H31FN6O2. The van der Waals surface area contributed by atoms with Crippen LogP contribution >= 0.6 is 0 Å². The Hall–Kier alpha value is -3.85. The van der Waals surface area contributed by atoms with Gasteiger partial charge in [-0.3, -0.25) is 19.3 Å². The molecule has 9 heteroatoms. The lowest BCUT2D eigenvalue weighted by molar-refractivity contribution is -0.132. The van der Waals surface area contributed by atoms with Crippen molar-refractivity contribution in [1.82, 2.24) is 29.5 Å². The third kappa shape index (κ3) is 5.52. The smallest absolute Gasteiger partial charge is 0.246 e. The molecule has 2 aromatic heterocycles. The highest BCUT2D eigenvalue weighted by atomic mass is 19.1. The summed E-state index contributed by atoms with van der Waals surface area (Å²) in [6.07, 6.45) is 7.03. The van der Waals surface area contributed by atoms with Crippen molar-refractivity contribution in [2.45, 2.75) is 19.0 Å². The second-order valence-corrected chi connectivity index (χ2v) is 9.39. The molecule has 3 heterocycles. The van der Waals surface area contributed by atoms with Gasteiger partial charge < -0.3 is 14.7 Å². The Bertz CT molecular complexity index is 1250. The molecule has 4 rings (SSSR count). The number of likely N-dealkylation sites (N-methyl/N-ethyl adjacent to an activating group) is 1. The summed E-state index contributed by atoms with van der Waals surface area (Å²) in [5.74, 6) is -0.493. The minimum atomic E-state index is -0.343. The molecular weight excluding hydrogens is 459 g/mol. The molecule has 3 aromatic rings. The van der Waals surface area contributed by atoms with Crippen LogP contribution in [0.3, 0.4) is 0 Å². The van der Waals surface area contributed by atoms with Crippen LogP contribution in [0.1, 0.15) is 18.2 Å². The molecule has 0 aliphatic carbocycles. The first kappa shape index (κ1) is 25.2. The van der Waals surface area contributed by atoms with Gasteiger partial charge in [-0.15, -0.1) is 0 Å². The van der Waals surface area contributed by atoms with Gasteiger partial charge >= 0.3 is 0 Å². The lowest BCUT2D eigenvalue weighted by Gasteiger charge is -2.34. The summed E-state index contributed by atoms with van der Waals surface area (Å²) in [5.41, 5.74) is 4.00. The Morgan fingerprint density at radius 2 is 1.75 bits per heavy atom. The predicted octanol–water partition coefficient (Wildman–Crippen LogP) is 3.23. The second-order valence-electron chi connectivity index (χ2n) is 9.39. The molecule has 1 aromatic carbocycles. The predicted molar refractivity (Wildman–Crippen MR) is 136 cm³/mol. The molecule has 1 aliphatic rings. The SMILES string of the molecule is CN(C)C/C=C/C(=O)N1Cc2c(-c3ccncc3)c(-c3ccc(F)cc3)nn2C(CC(=O)N(C)C)C1. The molecule has 188 valence electrons. The third-order valence-electron chi connectivity index (χ3n) is 6.17. The maximum Gasteiger partial charge on any atom is 0.246 e. The molecule has 0 radical (unpaired) electrons. The Labute approximate surface area is 210 Å². The van der Waals surface area contributed by atoms with Gasteiger partial charge in [-0.05, 0) is 56.1 Å². The van der Waals surface area contributed by atoms with Gasteiger partial charge in [0.05, 0.1) is 24.7 Å². The summed E-state index contributed by atoms with van der Waals surface area (Å²) in [6.45, 7) is 1.35. The van der Waals surface area contributed by atoms with Crippen LogP contribution in [0.25, 0.3) is 22.4 Å². The fourth-order valence-corrected chi connectivity index (χ4v) is 4.30. The number of pyridine rings is 1. The number of aromatic nitrogens is 3. The van der Waals surface area contributed by atoms with Crippen molar-refractivity contribution in [3.05, 3.63) is 72.5 Å². The van der Waals surface area contributed by atoms with Crippen molar-refractivity contribution in [2.24, 2.45) is 0 Å². The zero-order valence-electron chi connectivity index (χ0n) is 21.1. The van der Waals surface area contributed by atoms with Gasteiger partial charge in [0, 0.05) is 56.8 Å². The van der Waals surface area contributed by atoms with Gasteiger partial charge in [0.2, 0.25) is 11.8 Å². The van der Waals surface area contributed by atoms with Crippen molar-refractivity contribution in [1.29, 1.82) is 0 Å².